The number of hydrogen-bond acceptors (Lipinski definition) is 3. The summed E-state index contributed by atoms with van der Waals surface area (Å²) >= 11 is 10.9. The van der Waals surface area contributed by atoms with Gasteiger partial charge in [0.25, 0.3) is 0 Å². The number of halogens is 1. The Labute approximate surface area is 109 Å². The van der Waals surface area contributed by atoms with Gasteiger partial charge in [-0.15, -0.1) is 0 Å². The van der Waals surface area contributed by atoms with Crippen LogP contribution in [0.3, 0.4) is 0 Å². The first-order chi connectivity index (χ1) is 8.08. The number of H-pyrrole nitrogens is 1. The lowest BCUT2D eigenvalue weighted by molar-refractivity contribution is 0.212. The van der Waals surface area contributed by atoms with Gasteiger partial charge < -0.3 is 9.30 Å². The molecule has 1 N–H and O–H groups in total. The molecule has 0 aliphatic rings. The van der Waals surface area contributed by atoms with E-state index in [1.165, 1.54) is 0 Å². The van der Waals surface area contributed by atoms with Crippen molar-refractivity contribution in [2.75, 3.05) is 0 Å². The maximum atomic E-state index is 5.89. The van der Waals surface area contributed by atoms with Gasteiger partial charge in [-0.3, -0.25) is 5.10 Å². The van der Waals surface area contributed by atoms with E-state index in [9.17, 15) is 0 Å². The maximum Gasteiger partial charge on any atom is 0.195 e. The van der Waals surface area contributed by atoms with Crippen molar-refractivity contribution in [2.45, 2.75) is 13.0 Å². The van der Waals surface area contributed by atoms with E-state index in [4.69, 9.17) is 28.6 Å². The van der Waals surface area contributed by atoms with Gasteiger partial charge in [0.05, 0.1) is 0 Å². The maximum absolute atomic E-state index is 5.89. The van der Waals surface area contributed by atoms with Crippen LogP contribution in [0.1, 0.15) is 18.9 Å². The molecule has 2 rings (SSSR count). The fraction of sp³-hybridized carbons (Fsp3) is 0.273. The molecule has 0 fully saturated rings. The Morgan fingerprint density at radius 3 is 2.88 bits per heavy atom. The summed E-state index contributed by atoms with van der Waals surface area (Å²) in [5.41, 5.74) is 0. The van der Waals surface area contributed by atoms with Crippen LogP contribution in [0, 0.1) is 4.77 Å². The van der Waals surface area contributed by atoms with Crippen LogP contribution in [-0.4, -0.2) is 14.8 Å². The lowest BCUT2D eigenvalue weighted by Crippen LogP contribution is -2.09. The largest absolute Gasteiger partial charge is 0.483 e. The molecular formula is C11H12ClN3OS. The van der Waals surface area contributed by atoms with E-state index in [1.807, 2.05) is 26.1 Å². The summed E-state index contributed by atoms with van der Waals surface area (Å²) in [5, 5.41) is 7.49. The highest BCUT2D eigenvalue weighted by atomic mass is 35.5. The van der Waals surface area contributed by atoms with E-state index in [0.717, 1.165) is 5.82 Å². The molecule has 0 aliphatic carbocycles. The molecule has 1 heterocycles. The second-order valence-corrected chi connectivity index (χ2v) is 4.49. The number of aromatic amines is 1. The van der Waals surface area contributed by atoms with Gasteiger partial charge in [-0.2, -0.15) is 5.10 Å². The monoisotopic (exact) mass is 269 g/mol. The van der Waals surface area contributed by atoms with Crippen LogP contribution in [0.15, 0.2) is 24.3 Å². The molecule has 0 aliphatic heterocycles. The topological polar surface area (TPSA) is 42.8 Å². The number of aromatic nitrogens is 3. The lowest BCUT2D eigenvalue weighted by Gasteiger charge is -2.13. The first-order valence-corrected chi connectivity index (χ1v) is 5.90. The Hall–Kier alpha value is -1.33. The van der Waals surface area contributed by atoms with Gasteiger partial charge in [-0.25, -0.2) is 0 Å². The fourth-order valence-corrected chi connectivity index (χ4v) is 1.84. The molecule has 0 saturated carbocycles. The number of benzene rings is 1. The van der Waals surface area contributed by atoms with Crippen molar-refractivity contribution in [3.05, 3.63) is 39.9 Å². The van der Waals surface area contributed by atoms with Crippen molar-refractivity contribution in [2.24, 2.45) is 7.05 Å². The molecule has 4 nitrogen and oxygen atoms in total. The van der Waals surface area contributed by atoms with Crippen LogP contribution in [0.4, 0.5) is 0 Å². The molecule has 0 radical (unpaired) electrons. The average Bonchev–Trinajstić information content (AvgIpc) is 2.60. The third-order valence-electron chi connectivity index (χ3n) is 2.39. The van der Waals surface area contributed by atoms with Gasteiger partial charge in [0.15, 0.2) is 16.7 Å². The second-order valence-electron chi connectivity index (χ2n) is 3.66. The summed E-state index contributed by atoms with van der Waals surface area (Å²) in [4.78, 5) is 0. The van der Waals surface area contributed by atoms with Gasteiger partial charge in [0, 0.05) is 12.1 Å². The summed E-state index contributed by atoms with van der Waals surface area (Å²) in [5.74, 6) is 1.45. The molecule has 90 valence electrons. The molecule has 17 heavy (non-hydrogen) atoms. The van der Waals surface area contributed by atoms with Crippen molar-refractivity contribution in [1.29, 1.82) is 0 Å². The van der Waals surface area contributed by atoms with E-state index < -0.39 is 0 Å². The number of rotatable bonds is 3. The molecule has 1 atom stereocenters. The Bertz CT molecular complexity index is 578. The minimum atomic E-state index is -0.202. The van der Waals surface area contributed by atoms with Crippen LogP contribution in [0.25, 0.3) is 0 Å². The van der Waals surface area contributed by atoms with Crippen LogP contribution in [-0.2, 0) is 7.05 Å². The van der Waals surface area contributed by atoms with E-state index in [-0.39, 0.29) is 6.10 Å². The first kappa shape index (κ1) is 12.1. The highest BCUT2D eigenvalue weighted by Crippen LogP contribution is 2.22. The smallest absolute Gasteiger partial charge is 0.195 e. The highest BCUT2D eigenvalue weighted by Gasteiger charge is 2.13. The second kappa shape index (κ2) is 4.89. The summed E-state index contributed by atoms with van der Waals surface area (Å²) in [6.45, 7) is 1.91. The predicted molar refractivity (Wildman–Crippen MR) is 68.9 cm³/mol. The molecule has 0 spiro atoms. The van der Waals surface area contributed by atoms with E-state index in [2.05, 4.69) is 10.2 Å². The Morgan fingerprint density at radius 2 is 2.29 bits per heavy atom. The summed E-state index contributed by atoms with van der Waals surface area (Å²) in [7, 11) is 1.85. The number of hydrogen-bond donors (Lipinski definition) is 1. The van der Waals surface area contributed by atoms with Gasteiger partial charge >= 0.3 is 0 Å². The molecule has 1 aromatic heterocycles. The van der Waals surface area contributed by atoms with Crippen LogP contribution < -0.4 is 4.74 Å². The predicted octanol–water partition coefficient (Wildman–Crippen LogP) is 3.27. The zero-order valence-electron chi connectivity index (χ0n) is 9.48. The van der Waals surface area contributed by atoms with Crippen LogP contribution >= 0.6 is 23.8 Å². The molecule has 0 amide bonds. The zero-order valence-corrected chi connectivity index (χ0v) is 11.0. The molecule has 6 heteroatoms. The van der Waals surface area contributed by atoms with Crippen molar-refractivity contribution >= 4 is 23.8 Å². The molecular weight excluding hydrogens is 258 g/mol. The van der Waals surface area contributed by atoms with E-state index >= 15 is 0 Å². The Balaban J connectivity index is 2.20. The van der Waals surface area contributed by atoms with Crippen LogP contribution in [0.2, 0.25) is 5.02 Å². The minimum absolute atomic E-state index is 0.202. The van der Waals surface area contributed by atoms with Gasteiger partial charge in [0.1, 0.15) is 5.75 Å². The minimum Gasteiger partial charge on any atom is -0.483 e. The van der Waals surface area contributed by atoms with Gasteiger partial charge in [-0.05, 0) is 37.3 Å². The first-order valence-electron chi connectivity index (χ1n) is 5.11. The third-order valence-corrected chi connectivity index (χ3v) is 2.99. The number of ether oxygens (including phenoxy) is 1. The molecule has 2 aromatic rings. The SMILES string of the molecule is C[C@@H](Oc1cccc(Cl)c1)c1n[nH]c(=S)n1C. The van der Waals surface area contributed by atoms with Crippen molar-refractivity contribution in [1.82, 2.24) is 14.8 Å². The third kappa shape index (κ3) is 2.68. The normalized spacial score (nSPS) is 12.4. The Kier molecular flexibility index (Phi) is 3.49. The van der Waals surface area contributed by atoms with Gasteiger partial charge in [0.2, 0.25) is 0 Å². The van der Waals surface area contributed by atoms with Crippen molar-refractivity contribution in [3.63, 3.8) is 0 Å². The Morgan fingerprint density at radius 1 is 1.53 bits per heavy atom. The van der Waals surface area contributed by atoms with Gasteiger partial charge in [-0.1, -0.05) is 17.7 Å². The van der Waals surface area contributed by atoms with Crippen LogP contribution in [0.5, 0.6) is 5.75 Å². The van der Waals surface area contributed by atoms with E-state index in [0.29, 0.717) is 15.5 Å². The van der Waals surface area contributed by atoms with E-state index in [1.54, 1.807) is 16.7 Å². The average molecular weight is 270 g/mol. The molecule has 0 bridgehead atoms. The summed E-state index contributed by atoms with van der Waals surface area (Å²) in [6.07, 6.45) is -0.202. The molecule has 0 unspecified atom stereocenters. The number of nitrogens with one attached hydrogen (secondary N) is 1. The summed E-state index contributed by atoms with van der Waals surface area (Å²) in [6, 6.07) is 7.26. The van der Waals surface area contributed by atoms with Crippen molar-refractivity contribution in [3.8, 4) is 5.75 Å². The number of nitrogens with zero attached hydrogens (tertiary/aromatic N) is 2. The zero-order chi connectivity index (χ0) is 12.4. The summed E-state index contributed by atoms with van der Waals surface area (Å²) < 4.78 is 8.09. The molecule has 0 saturated heterocycles. The lowest BCUT2D eigenvalue weighted by atomic mass is 10.3. The standard InChI is InChI=1S/C11H12ClN3OS/c1-7(10-13-14-11(17)15(10)2)16-9-5-3-4-8(12)6-9/h3-7H,1-2H3,(H,14,17)/t7-/m1/s1. The fourth-order valence-electron chi connectivity index (χ4n) is 1.52. The van der Waals surface area contributed by atoms with Crippen molar-refractivity contribution < 1.29 is 4.74 Å². The quantitative estimate of drug-likeness (QED) is 0.870. The molecule has 1 aromatic carbocycles. The highest BCUT2D eigenvalue weighted by molar-refractivity contribution is 7.71.